The van der Waals surface area contributed by atoms with Gasteiger partial charge in [0.2, 0.25) is 0 Å². The SMILES string of the molecule is CCOC1(C(=O)c2cccc(OC(C)C)c2)CCOCC1. The molecule has 1 aromatic rings. The average molecular weight is 292 g/mol. The van der Waals surface area contributed by atoms with Crippen molar-refractivity contribution in [1.29, 1.82) is 0 Å². The van der Waals surface area contributed by atoms with Crippen molar-refractivity contribution < 1.29 is 19.0 Å². The Bertz CT molecular complexity index is 470. The van der Waals surface area contributed by atoms with E-state index in [0.717, 1.165) is 5.75 Å². The molecule has 4 nitrogen and oxygen atoms in total. The molecule has 0 radical (unpaired) electrons. The van der Waals surface area contributed by atoms with Crippen LogP contribution in [0.25, 0.3) is 0 Å². The largest absolute Gasteiger partial charge is 0.491 e. The quantitative estimate of drug-likeness (QED) is 0.755. The standard InChI is InChI=1S/C17H24O4/c1-4-20-17(8-10-19-11-9-17)16(18)14-6-5-7-15(12-14)21-13(2)3/h5-7,12-13H,4,8-11H2,1-3H3. The molecule has 0 unspecified atom stereocenters. The van der Waals surface area contributed by atoms with Crippen molar-refractivity contribution in [1.82, 2.24) is 0 Å². The maximum atomic E-state index is 12.9. The lowest BCUT2D eigenvalue weighted by molar-refractivity contribution is -0.0822. The minimum Gasteiger partial charge on any atom is -0.491 e. The first kappa shape index (κ1) is 16.0. The van der Waals surface area contributed by atoms with E-state index in [1.807, 2.05) is 39.0 Å². The number of Topliss-reactive ketones (excluding diaryl/α,β-unsaturated/α-hetero) is 1. The first-order valence-electron chi connectivity index (χ1n) is 7.60. The van der Waals surface area contributed by atoms with Crippen LogP contribution in [0, 0.1) is 0 Å². The number of benzene rings is 1. The number of carbonyl (C=O) groups excluding carboxylic acids is 1. The molecule has 0 aromatic heterocycles. The Balaban J connectivity index is 2.24. The van der Waals surface area contributed by atoms with Crippen molar-refractivity contribution in [3.8, 4) is 5.75 Å². The molecule has 21 heavy (non-hydrogen) atoms. The molecule has 1 aliphatic heterocycles. The van der Waals surface area contributed by atoms with Crippen molar-refractivity contribution in [2.24, 2.45) is 0 Å². The monoisotopic (exact) mass is 292 g/mol. The van der Waals surface area contributed by atoms with Gasteiger partial charge in [0.1, 0.15) is 11.4 Å². The van der Waals surface area contributed by atoms with Gasteiger partial charge in [0.15, 0.2) is 5.78 Å². The minimum atomic E-state index is -0.747. The molecule has 1 saturated heterocycles. The van der Waals surface area contributed by atoms with Crippen LogP contribution in [0.5, 0.6) is 5.75 Å². The summed E-state index contributed by atoms with van der Waals surface area (Å²) in [6.45, 7) is 7.50. The summed E-state index contributed by atoms with van der Waals surface area (Å²) in [5.41, 5.74) is -0.104. The molecule has 116 valence electrons. The van der Waals surface area contributed by atoms with Crippen LogP contribution < -0.4 is 4.74 Å². The van der Waals surface area contributed by atoms with Crippen molar-refractivity contribution in [2.75, 3.05) is 19.8 Å². The van der Waals surface area contributed by atoms with Crippen molar-refractivity contribution >= 4 is 5.78 Å². The minimum absolute atomic E-state index is 0.0295. The summed E-state index contributed by atoms with van der Waals surface area (Å²) in [4.78, 5) is 12.9. The number of ether oxygens (including phenoxy) is 3. The van der Waals surface area contributed by atoms with Gasteiger partial charge in [-0.15, -0.1) is 0 Å². The van der Waals surface area contributed by atoms with Crippen LogP contribution in [0.1, 0.15) is 44.0 Å². The maximum absolute atomic E-state index is 12.9. The lowest BCUT2D eigenvalue weighted by Crippen LogP contribution is -2.46. The zero-order valence-corrected chi connectivity index (χ0v) is 13.1. The van der Waals surface area contributed by atoms with Crippen molar-refractivity contribution in [2.45, 2.75) is 45.3 Å². The normalized spacial score (nSPS) is 17.7. The Labute approximate surface area is 126 Å². The summed E-state index contributed by atoms with van der Waals surface area (Å²) in [5, 5.41) is 0. The Morgan fingerprint density at radius 3 is 2.67 bits per heavy atom. The number of hydrogen-bond donors (Lipinski definition) is 0. The number of ketones is 1. The molecule has 4 heteroatoms. The molecule has 0 bridgehead atoms. The molecule has 0 atom stereocenters. The zero-order valence-electron chi connectivity index (χ0n) is 13.1. The predicted molar refractivity (Wildman–Crippen MR) is 80.9 cm³/mol. The fourth-order valence-corrected chi connectivity index (χ4v) is 2.66. The highest BCUT2D eigenvalue weighted by Gasteiger charge is 2.41. The Kier molecular flexibility index (Phi) is 5.37. The van der Waals surface area contributed by atoms with E-state index in [4.69, 9.17) is 14.2 Å². The van der Waals surface area contributed by atoms with Gasteiger partial charge in [-0.2, -0.15) is 0 Å². The third-order valence-electron chi connectivity index (χ3n) is 3.60. The lowest BCUT2D eigenvalue weighted by atomic mass is 9.85. The van der Waals surface area contributed by atoms with Gasteiger partial charge in [0.25, 0.3) is 0 Å². The van der Waals surface area contributed by atoms with Crippen LogP contribution in [0.15, 0.2) is 24.3 Å². The second-order valence-corrected chi connectivity index (χ2v) is 5.56. The van der Waals surface area contributed by atoms with E-state index < -0.39 is 5.60 Å². The van der Waals surface area contributed by atoms with E-state index in [1.54, 1.807) is 6.07 Å². The molecule has 0 aliphatic carbocycles. The maximum Gasteiger partial charge on any atom is 0.194 e. The number of rotatable bonds is 6. The first-order valence-corrected chi connectivity index (χ1v) is 7.60. The lowest BCUT2D eigenvalue weighted by Gasteiger charge is -2.35. The molecule has 0 N–H and O–H groups in total. The van der Waals surface area contributed by atoms with Crippen LogP contribution in [-0.4, -0.2) is 37.3 Å². The molecular formula is C17H24O4. The van der Waals surface area contributed by atoms with Gasteiger partial charge in [-0.1, -0.05) is 12.1 Å². The molecular weight excluding hydrogens is 268 g/mol. The van der Waals surface area contributed by atoms with Gasteiger partial charge in [-0.3, -0.25) is 4.79 Å². The highest BCUT2D eigenvalue weighted by Crippen LogP contribution is 2.30. The van der Waals surface area contributed by atoms with Crippen LogP contribution in [0.2, 0.25) is 0 Å². The average Bonchev–Trinajstić information content (AvgIpc) is 2.47. The second kappa shape index (κ2) is 7.05. The topological polar surface area (TPSA) is 44.8 Å². The fourth-order valence-electron chi connectivity index (χ4n) is 2.66. The van der Waals surface area contributed by atoms with Crippen LogP contribution in [0.4, 0.5) is 0 Å². The van der Waals surface area contributed by atoms with Gasteiger partial charge < -0.3 is 14.2 Å². The molecule has 1 aromatic carbocycles. The van der Waals surface area contributed by atoms with Crippen LogP contribution >= 0.6 is 0 Å². The summed E-state index contributed by atoms with van der Waals surface area (Å²) < 4.78 is 16.9. The van der Waals surface area contributed by atoms with E-state index in [1.165, 1.54) is 0 Å². The predicted octanol–water partition coefficient (Wildman–Crippen LogP) is 3.24. The van der Waals surface area contributed by atoms with Crippen LogP contribution in [-0.2, 0) is 9.47 Å². The molecule has 1 heterocycles. The third kappa shape index (κ3) is 3.83. The smallest absolute Gasteiger partial charge is 0.194 e. The van der Waals surface area contributed by atoms with Gasteiger partial charge in [-0.05, 0) is 32.9 Å². The summed E-state index contributed by atoms with van der Waals surface area (Å²) in [6.07, 6.45) is 1.29. The third-order valence-corrected chi connectivity index (χ3v) is 3.60. The number of hydrogen-bond acceptors (Lipinski definition) is 4. The summed E-state index contributed by atoms with van der Waals surface area (Å²) in [7, 11) is 0. The molecule has 0 saturated carbocycles. The van der Waals surface area contributed by atoms with E-state index in [2.05, 4.69) is 0 Å². The summed E-state index contributed by atoms with van der Waals surface area (Å²) in [5.74, 6) is 0.747. The van der Waals surface area contributed by atoms with Crippen molar-refractivity contribution in [3.05, 3.63) is 29.8 Å². The van der Waals surface area contributed by atoms with E-state index >= 15 is 0 Å². The van der Waals surface area contributed by atoms with Crippen molar-refractivity contribution in [3.63, 3.8) is 0 Å². The molecule has 0 amide bonds. The Hall–Kier alpha value is -1.39. The molecule has 1 aliphatic rings. The second-order valence-electron chi connectivity index (χ2n) is 5.56. The van der Waals surface area contributed by atoms with Crippen LogP contribution in [0.3, 0.4) is 0 Å². The van der Waals surface area contributed by atoms with E-state index in [0.29, 0.717) is 38.2 Å². The molecule has 0 spiro atoms. The Morgan fingerprint density at radius 2 is 2.05 bits per heavy atom. The summed E-state index contributed by atoms with van der Waals surface area (Å²) >= 11 is 0. The summed E-state index contributed by atoms with van der Waals surface area (Å²) in [6, 6.07) is 7.35. The van der Waals surface area contributed by atoms with Gasteiger partial charge >= 0.3 is 0 Å². The molecule has 1 fully saturated rings. The van der Waals surface area contributed by atoms with E-state index in [-0.39, 0.29) is 11.9 Å². The van der Waals surface area contributed by atoms with Gasteiger partial charge in [-0.25, -0.2) is 0 Å². The Morgan fingerprint density at radius 1 is 1.33 bits per heavy atom. The van der Waals surface area contributed by atoms with E-state index in [9.17, 15) is 4.79 Å². The van der Waals surface area contributed by atoms with Gasteiger partial charge in [0.05, 0.1) is 6.10 Å². The fraction of sp³-hybridized carbons (Fsp3) is 0.588. The molecule has 2 rings (SSSR count). The highest BCUT2D eigenvalue weighted by molar-refractivity contribution is 6.02. The number of carbonyl (C=O) groups is 1. The highest BCUT2D eigenvalue weighted by atomic mass is 16.5. The zero-order chi connectivity index (χ0) is 15.3. The van der Waals surface area contributed by atoms with Gasteiger partial charge in [0, 0.05) is 38.2 Å². The first-order chi connectivity index (χ1) is 10.1.